The third-order valence-corrected chi connectivity index (χ3v) is 4.20. The maximum Gasteiger partial charge on any atom is 0.308 e. The predicted molar refractivity (Wildman–Crippen MR) is 93.7 cm³/mol. The number of aliphatic carboxylic acids is 1. The molecule has 0 bridgehead atoms. The first kappa shape index (κ1) is 19.6. The third kappa shape index (κ3) is 5.65. The highest BCUT2D eigenvalue weighted by atomic mass is 19.1. The molecule has 0 spiro atoms. The molecule has 2 aromatic carbocycles. The van der Waals surface area contributed by atoms with E-state index in [1.807, 2.05) is 30.3 Å². The van der Waals surface area contributed by atoms with Crippen molar-refractivity contribution in [3.8, 4) is 0 Å². The molecule has 2 rings (SSSR count). The van der Waals surface area contributed by atoms with Gasteiger partial charge in [0.1, 0.15) is 11.6 Å². The molecule has 4 nitrogen and oxygen atoms in total. The summed E-state index contributed by atoms with van der Waals surface area (Å²) in [4.78, 5) is 23.5. The number of rotatable bonds is 8. The van der Waals surface area contributed by atoms with Gasteiger partial charge in [-0.3, -0.25) is 9.59 Å². The molecule has 0 heterocycles. The van der Waals surface area contributed by atoms with Crippen molar-refractivity contribution >= 4 is 11.9 Å². The molecule has 1 amide bonds. The fourth-order valence-electron chi connectivity index (χ4n) is 2.74. The Labute approximate surface area is 150 Å². The summed E-state index contributed by atoms with van der Waals surface area (Å²) in [5, 5.41) is 11.9. The van der Waals surface area contributed by atoms with Crippen molar-refractivity contribution in [1.29, 1.82) is 0 Å². The number of amides is 1. The van der Waals surface area contributed by atoms with Crippen molar-refractivity contribution in [2.45, 2.75) is 25.7 Å². The largest absolute Gasteiger partial charge is 0.481 e. The van der Waals surface area contributed by atoms with Gasteiger partial charge in [-0.15, -0.1) is 0 Å². The van der Waals surface area contributed by atoms with Gasteiger partial charge in [-0.25, -0.2) is 8.78 Å². The summed E-state index contributed by atoms with van der Waals surface area (Å²) in [6.45, 7) is 1.65. The van der Waals surface area contributed by atoms with Crippen LogP contribution in [0, 0.1) is 17.6 Å². The van der Waals surface area contributed by atoms with Crippen LogP contribution in [-0.2, 0) is 16.0 Å². The maximum absolute atomic E-state index is 13.8. The van der Waals surface area contributed by atoms with E-state index in [1.54, 1.807) is 6.92 Å². The maximum atomic E-state index is 13.8. The SMILES string of the molecule is CC(CC(=O)NCC(Cc1ccccc1)C(=O)O)c1ccc(F)cc1F. The molecule has 2 N–H and O–H groups in total. The second-order valence-electron chi connectivity index (χ2n) is 6.30. The molecule has 6 heteroatoms. The van der Waals surface area contributed by atoms with Gasteiger partial charge in [-0.1, -0.05) is 43.3 Å². The molecule has 0 saturated carbocycles. The quantitative estimate of drug-likeness (QED) is 0.756. The molecule has 2 unspecified atom stereocenters. The molecular weight excluding hydrogens is 340 g/mol. The number of halogens is 2. The fourth-order valence-corrected chi connectivity index (χ4v) is 2.74. The summed E-state index contributed by atoms with van der Waals surface area (Å²) in [6.07, 6.45) is 0.291. The van der Waals surface area contributed by atoms with Gasteiger partial charge in [-0.05, 0) is 29.5 Å². The lowest BCUT2D eigenvalue weighted by Crippen LogP contribution is -2.34. The monoisotopic (exact) mass is 361 g/mol. The van der Waals surface area contributed by atoms with Gasteiger partial charge in [0.05, 0.1) is 5.92 Å². The number of carboxylic acid groups (broad SMARTS) is 1. The van der Waals surface area contributed by atoms with Gasteiger partial charge in [0.2, 0.25) is 5.91 Å². The Morgan fingerprint density at radius 2 is 1.81 bits per heavy atom. The summed E-state index contributed by atoms with van der Waals surface area (Å²) in [5.74, 6) is -3.94. The highest BCUT2D eigenvalue weighted by Gasteiger charge is 2.20. The van der Waals surface area contributed by atoms with Crippen molar-refractivity contribution in [3.63, 3.8) is 0 Å². The lowest BCUT2D eigenvalue weighted by molar-refractivity contribution is -0.141. The lowest BCUT2D eigenvalue weighted by atomic mass is 9.96. The Hall–Kier alpha value is -2.76. The zero-order valence-corrected chi connectivity index (χ0v) is 14.4. The molecule has 0 radical (unpaired) electrons. The van der Waals surface area contributed by atoms with Crippen LogP contribution in [0.5, 0.6) is 0 Å². The van der Waals surface area contributed by atoms with E-state index >= 15 is 0 Å². The Bertz CT molecular complexity index is 765. The number of nitrogens with one attached hydrogen (secondary N) is 1. The molecule has 0 aliphatic heterocycles. The summed E-state index contributed by atoms with van der Waals surface area (Å²) >= 11 is 0. The summed E-state index contributed by atoms with van der Waals surface area (Å²) in [6, 6.07) is 12.4. The van der Waals surface area contributed by atoms with E-state index in [4.69, 9.17) is 0 Å². The van der Waals surface area contributed by atoms with Crippen LogP contribution in [0.2, 0.25) is 0 Å². The van der Waals surface area contributed by atoms with Crippen LogP contribution >= 0.6 is 0 Å². The molecule has 2 atom stereocenters. The van der Waals surface area contributed by atoms with Crippen LogP contribution in [0.1, 0.15) is 30.4 Å². The zero-order chi connectivity index (χ0) is 19.1. The highest BCUT2D eigenvalue weighted by molar-refractivity contribution is 5.78. The predicted octanol–water partition coefficient (Wildman–Crippen LogP) is 3.52. The van der Waals surface area contributed by atoms with Crippen molar-refractivity contribution in [2.75, 3.05) is 6.54 Å². The second-order valence-corrected chi connectivity index (χ2v) is 6.30. The normalized spacial score (nSPS) is 13.0. The van der Waals surface area contributed by atoms with Gasteiger partial charge in [0.25, 0.3) is 0 Å². The van der Waals surface area contributed by atoms with Gasteiger partial charge in [-0.2, -0.15) is 0 Å². The molecular formula is C20H21F2NO3. The van der Waals surface area contributed by atoms with Crippen molar-refractivity contribution in [3.05, 3.63) is 71.3 Å². The topological polar surface area (TPSA) is 66.4 Å². The number of carboxylic acids is 1. The molecule has 0 aliphatic carbocycles. The van der Waals surface area contributed by atoms with Crippen molar-refractivity contribution in [2.24, 2.45) is 5.92 Å². The van der Waals surface area contributed by atoms with E-state index in [1.165, 1.54) is 6.07 Å². The number of carbonyl (C=O) groups is 2. The van der Waals surface area contributed by atoms with Crippen LogP contribution in [-0.4, -0.2) is 23.5 Å². The van der Waals surface area contributed by atoms with E-state index in [0.29, 0.717) is 6.42 Å². The van der Waals surface area contributed by atoms with Gasteiger partial charge >= 0.3 is 5.97 Å². The fraction of sp³-hybridized carbons (Fsp3) is 0.300. The van der Waals surface area contributed by atoms with Crippen LogP contribution in [0.15, 0.2) is 48.5 Å². The van der Waals surface area contributed by atoms with E-state index in [9.17, 15) is 23.5 Å². The van der Waals surface area contributed by atoms with Crippen molar-refractivity contribution < 1.29 is 23.5 Å². The van der Waals surface area contributed by atoms with E-state index in [0.717, 1.165) is 17.7 Å². The Balaban J connectivity index is 1.90. The van der Waals surface area contributed by atoms with Crippen LogP contribution < -0.4 is 5.32 Å². The first-order chi connectivity index (χ1) is 12.4. The first-order valence-electron chi connectivity index (χ1n) is 8.35. The summed E-state index contributed by atoms with van der Waals surface area (Å²) in [5.41, 5.74) is 1.12. The Kier molecular flexibility index (Phi) is 6.83. The standard InChI is InChI=1S/C20H21F2NO3/c1-13(17-8-7-16(21)11-18(17)22)9-19(24)23-12-15(20(25)26)10-14-5-3-2-4-6-14/h2-8,11,13,15H,9-10,12H2,1H3,(H,23,24)(H,25,26). The van der Waals surface area contributed by atoms with Crippen LogP contribution in [0.3, 0.4) is 0 Å². The molecule has 26 heavy (non-hydrogen) atoms. The van der Waals surface area contributed by atoms with Crippen molar-refractivity contribution in [1.82, 2.24) is 5.32 Å². The second kappa shape index (κ2) is 9.08. The molecule has 0 fully saturated rings. The van der Waals surface area contributed by atoms with Gasteiger partial charge < -0.3 is 10.4 Å². The van der Waals surface area contributed by atoms with Gasteiger partial charge in [0, 0.05) is 19.0 Å². The van der Waals surface area contributed by atoms with E-state index < -0.39 is 29.4 Å². The average Bonchev–Trinajstić information content (AvgIpc) is 2.59. The summed E-state index contributed by atoms with van der Waals surface area (Å²) < 4.78 is 26.7. The Morgan fingerprint density at radius 3 is 2.42 bits per heavy atom. The minimum atomic E-state index is -0.994. The molecule has 138 valence electrons. The minimum absolute atomic E-state index is 0.0122. The van der Waals surface area contributed by atoms with Crippen LogP contribution in [0.4, 0.5) is 8.78 Å². The first-order valence-corrected chi connectivity index (χ1v) is 8.35. The average molecular weight is 361 g/mol. The van der Waals surface area contributed by atoms with E-state index in [-0.39, 0.29) is 24.4 Å². The van der Waals surface area contributed by atoms with Crippen LogP contribution in [0.25, 0.3) is 0 Å². The lowest BCUT2D eigenvalue weighted by Gasteiger charge is -2.16. The number of carbonyl (C=O) groups excluding carboxylic acids is 1. The third-order valence-electron chi connectivity index (χ3n) is 4.20. The molecule has 0 saturated heterocycles. The highest BCUT2D eigenvalue weighted by Crippen LogP contribution is 2.22. The summed E-state index contributed by atoms with van der Waals surface area (Å²) in [7, 11) is 0. The zero-order valence-electron chi connectivity index (χ0n) is 14.4. The Morgan fingerprint density at radius 1 is 1.12 bits per heavy atom. The number of benzene rings is 2. The van der Waals surface area contributed by atoms with E-state index in [2.05, 4.69) is 5.32 Å². The minimum Gasteiger partial charge on any atom is -0.481 e. The van der Waals surface area contributed by atoms with Gasteiger partial charge in [0.15, 0.2) is 0 Å². The smallest absolute Gasteiger partial charge is 0.308 e. The molecule has 0 aromatic heterocycles. The number of hydrogen-bond donors (Lipinski definition) is 2. The molecule has 0 aliphatic rings. The number of hydrogen-bond acceptors (Lipinski definition) is 2. The molecule has 2 aromatic rings.